The van der Waals surface area contributed by atoms with E-state index in [1.807, 2.05) is 0 Å². The van der Waals surface area contributed by atoms with Crippen molar-refractivity contribution in [2.45, 2.75) is 13.0 Å². The molecule has 1 rings (SSSR count). The van der Waals surface area contributed by atoms with Crippen molar-refractivity contribution >= 4 is 12.3 Å². The van der Waals surface area contributed by atoms with E-state index in [0.29, 0.717) is 11.3 Å². The van der Waals surface area contributed by atoms with Crippen molar-refractivity contribution in [3.8, 4) is 5.75 Å². The quantitative estimate of drug-likeness (QED) is 0.555. The summed E-state index contributed by atoms with van der Waals surface area (Å²) in [5.74, 6) is 0.0176. The summed E-state index contributed by atoms with van der Waals surface area (Å²) in [6, 6.07) is 6.57. The Labute approximate surface area is 87.8 Å². The van der Waals surface area contributed by atoms with E-state index in [2.05, 4.69) is 4.74 Å². The van der Waals surface area contributed by atoms with E-state index in [0.717, 1.165) is 6.29 Å². The van der Waals surface area contributed by atoms with Crippen LogP contribution >= 0.6 is 0 Å². The highest BCUT2D eigenvalue weighted by Crippen LogP contribution is 2.14. The molecule has 4 nitrogen and oxygen atoms in total. The lowest BCUT2D eigenvalue weighted by atomic mass is 10.2. The second-order valence-electron chi connectivity index (χ2n) is 2.97. The van der Waals surface area contributed by atoms with Gasteiger partial charge in [0, 0.05) is 5.56 Å². The molecule has 1 aromatic carbocycles. The van der Waals surface area contributed by atoms with E-state index in [9.17, 15) is 9.59 Å². The third-order valence-electron chi connectivity index (χ3n) is 1.84. The maximum Gasteiger partial charge on any atom is 0.346 e. The van der Waals surface area contributed by atoms with Crippen molar-refractivity contribution in [2.75, 3.05) is 7.11 Å². The first-order chi connectivity index (χ1) is 7.17. The van der Waals surface area contributed by atoms with Gasteiger partial charge in [-0.1, -0.05) is 12.1 Å². The lowest BCUT2D eigenvalue weighted by Crippen LogP contribution is -2.24. The summed E-state index contributed by atoms with van der Waals surface area (Å²) < 4.78 is 9.78. The summed E-state index contributed by atoms with van der Waals surface area (Å²) in [4.78, 5) is 21.5. The molecule has 1 unspecified atom stereocenters. The normalized spacial score (nSPS) is 11.6. The predicted octanol–water partition coefficient (Wildman–Crippen LogP) is 1.44. The molecule has 0 bridgehead atoms. The molecule has 0 spiro atoms. The van der Waals surface area contributed by atoms with E-state index in [-0.39, 0.29) is 0 Å². The Bertz CT molecular complexity index is 359. The number of esters is 1. The second kappa shape index (κ2) is 5.14. The molecular formula is C11H12O4. The third-order valence-corrected chi connectivity index (χ3v) is 1.84. The highest BCUT2D eigenvalue weighted by Gasteiger charge is 2.14. The van der Waals surface area contributed by atoms with Crippen LogP contribution in [0.15, 0.2) is 24.3 Å². The summed E-state index contributed by atoms with van der Waals surface area (Å²) in [6.45, 7) is 1.58. The Morgan fingerprint density at radius 3 is 2.80 bits per heavy atom. The Morgan fingerprint density at radius 2 is 2.20 bits per heavy atom. The summed E-state index contributed by atoms with van der Waals surface area (Å²) in [7, 11) is 1.30. The first-order valence-electron chi connectivity index (χ1n) is 4.47. The van der Waals surface area contributed by atoms with Crippen molar-refractivity contribution < 1.29 is 19.1 Å². The molecule has 0 aromatic heterocycles. The molecule has 0 amide bonds. The average molecular weight is 208 g/mol. The first-order valence-corrected chi connectivity index (χ1v) is 4.47. The second-order valence-corrected chi connectivity index (χ2v) is 2.97. The number of hydrogen-bond donors (Lipinski definition) is 0. The van der Waals surface area contributed by atoms with Crippen LogP contribution < -0.4 is 4.74 Å². The van der Waals surface area contributed by atoms with Crippen LogP contribution in [0.3, 0.4) is 0 Å². The van der Waals surface area contributed by atoms with Gasteiger partial charge in [-0.15, -0.1) is 0 Å². The van der Waals surface area contributed by atoms with Gasteiger partial charge in [0.1, 0.15) is 12.0 Å². The van der Waals surface area contributed by atoms with E-state index < -0.39 is 12.1 Å². The van der Waals surface area contributed by atoms with Gasteiger partial charge in [-0.3, -0.25) is 4.79 Å². The first kappa shape index (κ1) is 11.2. The fraction of sp³-hybridized carbons (Fsp3) is 0.273. The standard InChI is InChI=1S/C11H12O4/c1-8(11(13)14-2)15-10-5-3-4-9(6-10)7-12/h3-8H,1-2H3. The van der Waals surface area contributed by atoms with Crippen LogP contribution in [0.25, 0.3) is 0 Å². The molecule has 0 heterocycles. The molecule has 0 saturated heterocycles. The van der Waals surface area contributed by atoms with Crippen LogP contribution in [-0.2, 0) is 9.53 Å². The number of ether oxygens (including phenoxy) is 2. The number of methoxy groups -OCH3 is 1. The van der Waals surface area contributed by atoms with Crippen LogP contribution in [0.1, 0.15) is 17.3 Å². The minimum atomic E-state index is -0.683. The van der Waals surface area contributed by atoms with Crippen LogP contribution in [0.5, 0.6) is 5.75 Å². The lowest BCUT2D eigenvalue weighted by Gasteiger charge is -2.12. The molecule has 1 atom stereocenters. The number of carbonyl (C=O) groups is 2. The molecule has 0 fully saturated rings. The van der Waals surface area contributed by atoms with Crippen molar-refractivity contribution in [1.82, 2.24) is 0 Å². The van der Waals surface area contributed by atoms with Gasteiger partial charge in [0.15, 0.2) is 6.10 Å². The Hall–Kier alpha value is -1.84. The summed E-state index contributed by atoms with van der Waals surface area (Å²) in [6.07, 6.45) is 0.0345. The molecule has 0 N–H and O–H groups in total. The van der Waals surface area contributed by atoms with Crippen LogP contribution in [0.2, 0.25) is 0 Å². The molecule has 1 aromatic rings. The molecule has 80 valence electrons. The van der Waals surface area contributed by atoms with Gasteiger partial charge in [0.05, 0.1) is 7.11 Å². The number of carbonyl (C=O) groups excluding carboxylic acids is 2. The van der Waals surface area contributed by atoms with E-state index in [4.69, 9.17) is 4.74 Å². The van der Waals surface area contributed by atoms with Gasteiger partial charge in [-0.2, -0.15) is 0 Å². The third kappa shape index (κ3) is 3.09. The molecule has 0 radical (unpaired) electrons. The SMILES string of the molecule is COC(=O)C(C)Oc1cccc(C=O)c1. The lowest BCUT2D eigenvalue weighted by molar-refractivity contribution is -0.147. The van der Waals surface area contributed by atoms with Crippen LogP contribution in [0.4, 0.5) is 0 Å². The van der Waals surface area contributed by atoms with Crippen molar-refractivity contribution in [1.29, 1.82) is 0 Å². The molecule has 15 heavy (non-hydrogen) atoms. The molecular weight excluding hydrogens is 196 g/mol. The molecule has 0 aliphatic rings. The van der Waals surface area contributed by atoms with Gasteiger partial charge >= 0.3 is 5.97 Å². The number of rotatable bonds is 4. The van der Waals surface area contributed by atoms with E-state index in [1.54, 1.807) is 31.2 Å². The smallest absolute Gasteiger partial charge is 0.346 e. The minimum Gasteiger partial charge on any atom is -0.479 e. The Balaban J connectivity index is 2.71. The van der Waals surface area contributed by atoms with Crippen LogP contribution in [0, 0.1) is 0 Å². The monoisotopic (exact) mass is 208 g/mol. The van der Waals surface area contributed by atoms with Gasteiger partial charge in [0.25, 0.3) is 0 Å². The fourth-order valence-corrected chi connectivity index (χ4v) is 1.08. The van der Waals surface area contributed by atoms with Gasteiger partial charge in [-0.25, -0.2) is 4.79 Å². The molecule has 4 heteroatoms. The van der Waals surface area contributed by atoms with Crippen molar-refractivity contribution in [3.05, 3.63) is 29.8 Å². The molecule has 0 saturated carbocycles. The zero-order chi connectivity index (χ0) is 11.3. The van der Waals surface area contributed by atoms with E-state index >= 15 is 0 Å². The Kier molecular flexibility index (Phi) is 3.85. The summed E-state index contributed by atoms with van der Waals surface area (Å²) in [5.41, 5.74) is 0.504. The highest BCUT2D eigenvalue weighted by atomic mass is 16.6. The topological polar surface area (TPSA) is 52.6 Å². The largest absolute Gasteiger partial charge is 0.479 e. The summed E-state index contributed by atoms with van der Waals surface area (Å²) in [5, 5.41) is 0. The molecule has 0 aliphatic heterocycles. The number of hydrogen-bond acceptors (Lipinski definition) is 4. The average Bonchev–Trinajstić information content (AvgIpc) is 2.28. The number of benzene rings is 1. The number of aldehydes is 1. The predicted molar refractivity (Wildman–Crippen MR) is 53.9 cm³/mol. The van der Waals surface area contributed by atoms with Gasteiger partial charge < -0.3 is 9.47 Å². The van der Waals surface area contributed by atoms with Crippen LogP contribution in [-0.4, -0.2) is 25.5 Å². The minimum absolute atomic E-state index is 0.452. The van der Waals surface area contributed by atoms with Gasteiger partial charge in [0.2, 0.25) is 0 Å². The summed E-state index contributed by atoms with van der Waals surface area (Å²) >= 11 is 0. The zero-order valence-corrected chi connectivity index (χ0v) is 8.60. The van der Waals surface area contributed by atoms with Gasteiger partial charge in [-0.05, 0) is 19.1 Å². The zero-order valence-electron chi connectivity index (χ0n) is 8.60. The fourth-order valence-electron chi connectivity index (χ4n) is 1.08. The van der Waals surface area contributed by atoms with E-state index in [1.165, 1.54) is 7.11 Å². The maximum atomic E-state index is 11.1. The Morgan fingerprint density at radius 1 is 1.47 bits per heavy atom. The van der Waals surface area contributed by atoms with Crippen molar-refractivity contribution in [3.63, 3.8) is 0 Å². The highest BCUT2D eigenvalue weighted by molar-refractivity contribution is 5.76. The van der Waals surface area contributed by atoms with Crippen molar-refractivity contribution in [2.24, 2.45) is 0 Å². The molecule has 0 aliphatic carbocycles. The maximum absolute atomic E-state index is 11.1.